The first kappa shape index (κ1) is 16.1. The number of hydrogen-bond acceptors (Lipinski definition) is 3. The molecule has 0 aliphatic carbocycles. The third-order valence-corrected chi connectivity index (χ3v) is 4.63. The molecule has 0 saturated carbocycles. The number of benzene rings is 1. The molecule has 2 atom stereocenters. The van der Waals surface area contributed by atoms with Crippen LogP contribution in [0.1, 0.15) is 30.1 Å². The van der Waals surface area contributed by atoms with Gasteiger partial charge in [0, 0.05) is 30.7 Å². The Morgan fingerprint density at radius 1 is 1.39 bits per heavy atom. The van der Waals surface area contributed by atoms with E-state index < -0.39 is 0 Å². The quantitative estimate of drug-likeness (QED) is 0.787. The highest BCUT2D eigenvalue weighted by Gasteiger charge is 2.25. The Balaban J connectivity index is 1.74. The molecule has 2 aliphatic rings. The molecule has 2 saturated heterocycles. The summed E-state index contributed by atoms with van der Waals surface area (Å²) in [6.07, 6.45) is 1.84. The maximum Gasteiger partial charge on any atom is 0.322 e. The summed E-state index contributed by atoms with van der Waals surface area (Å²) in [5.41, 5.74) is 1.10. The molecule has 6 nitrogen and oxygen atoms in total. The van der Waals surface area contributed by atoms with Crippen molar-refractivity contribution in [3.63, 3.8) is 0 Å². The lowest BCUT2D eigenvalue weighted by atomic mass is 10.00. The Bertz CT molecular complexity index is 622. The van der Waals surface area contributed by atoms with Gasteiger partial charge in [0.25, 0.3) is 5.91 Å². The molecule has 2 heterocycles. The lowest BCUT2D eigenvalue weighted by Crippen LogP contribution is -2.46. The lowest BCUT2D eigenvalue weighted by molar-refractivity contribution is 0.0925. The minimum absolute atomic E-state index is 0.123. The molecule has 2 aliphatic heterocycles. The summed E-state index contributed by atoms with van der Waals surface area (Å²) in [5.74, 6) is -0.123. The van der Waals surface area contributed by atoms with Crippen molar-refractivity contribution < 1.29 is 9.59 Å². The standard InChI is InChI=1S/C16H21ClN4O2/c1-10-8-12(4-5-18-10)20-15(22)11-2-3-13(17)14(9-11)21-7-6-19-16(21)23/h2-3,9-10,12,18H,4-8H2,1H3,(H,19,23)(H,20,22). The number of amides is 3. The number of hydrogen-bond donors (Lipinski definition) is 3. The minimum Gasteiger partial charge on any atom is -0.349 e. The van der Waals surface area contributed by atoms with Crippen LogP contribution in [0, 0.1) is 0 Å². The van der Waals surface area contributed by atoms with Crippen LogP contribution in [-0.4, -0.2) is 43.7 Å². The van der Waals surface area contributed by atoms with Crippen molar-refractivity contribution in [2.75, 3.05) is 24.5 Å². The first-order valence-electron chi connectivity index (χ1n) is 7.94. The van der Waals surface area contributed by atoms with Gasteiger partial charge in [0.15, 0.2) is 0 Å². The van der Waals surface area contributed by atoms with Gasteiger partial charge in [0.05, 0.1) is 10.7 Å². The van der Waals surface area contributed by atoms with Crippen molar-refractivity contribution in [1.82, 2.24) is 16.0 Å². The number of rotatable bonds is 3. The molecule has 1 aromatic rings. The monoisotopic (exact) mass is 336 g/mol. The van der Waals surface area contributed by atoms with Gasteiger partial charge in [-0.25, -0.2) is 4.79 Å². The number of nitrogens with zero attached hydrogens (tertiary/aromatic N) is 1. The Hall–Kier alpha value is -1.79. The molecule has 7 heteroatoms. The summed E-state index contributed by atoms with van der Waals surface area (Å²) in [7, 11) is 0. The first-order valence-corrected chi connectivity index (χ1v) is 8.31. The fourth-order valence-corrected chi connectivity index (χ4v) is 3.31. The summed E-state index contributed by atoms with van der Waals surface area (Å²) < 4.78 is 0. The van der Waals surface area contributed by atoms with Crippen LogP contribution in [-0.2, 0) is 0 Å². The number of carbonyl (C=O) groups is 2. The summed E-state index contributed by atoms with van der Waals surface area (Å²) in [5, 5.41) is 9.64. The van der Waals surface area contributed by atoms with Crippen LogP contribution < -0.4 is 20.9 Å². The van der Waals surface area contributed by atoms with E-state index in [4.69, 9.17) is 11.6 Å². The van der Waals surface area contributed by atoms with Gasteiger partial charge in [-0.05, 0) is 44.5 Å². The van der Waals surface area contributed by atoms with Gasteiger partial charge in [-0.15, -0.1) is 0 Å². The number of urea groups is 1. The maximum atomic E-state index is 12.5. The number of nitrogens with one attached hydrogen (secondary N) is 3. The zero-order valence-corrected chi connectivity index (χ0v) is 13.8. The molecule has 3 rings (SSSR count). The highest BCUT2D eigenvalue weighted by molar-refractivity contribution is 6.34. The van der Waals surface area contributed by atoms with Crippen LogP contribution in [0.25, 0.3) is 0 Å². The molecule has 0 radical (unpaired) electrons. The van der Waals surface area contributed by atoms with Crippen LogP contribution in [0.4, 0.5) is 10.5 Å². The number of anilines is 1. The van der Waals surface area contributed by atoms with Crippen molar-refractivity contribution in [2.24, 2.45) is 0 Å². The van der Waals surface area contributed by atoms with Crippen molar-refractivity contribution in [3.05, 3.63) is 28.8 Å². The second-order valence-corrected chi connectivity index (χ2v) is 6.51. The average Bonchev–Trinajstić information content (AvgIpc) is 2.93. The van der Waals surface area contributed by atoms with Gasteiger partial charge >= 0.3 is 6.03 Å². The van der Waals surface area contributed by atoms with Crippen LogP contribution >= 0.6 is 11.6 Å². The highest BCUT2D eigenvalue weighted by atomic mass is 35.5. The smallest absolute Gasteiger partial charge is 0.322 e. The molecule has 124 valence electrons. The highest BCUT2D eigenvalue weighted by Crippen LogP contribution is 2.28. The molecule has 0 aromatic heterocycles. The van der Waals surface area contributed by atoms with E-state index in [0.717, 1.165) is 19.4 Å². The molecule has 2 unspecified atom stereocenters. The zero-order valence-electron chi connectivity index (χ0n) is 13.1. The van der Waals surface area contributed by atoms with Crippen molar-refractivity contribution >= 4 is 29.2 Å². The largest absolute Gasteiger partial charge is 0.349 e. The maximum absolute atomic E-state index is 12.5. The third kappa shape index (κ3) is 3.59. The predicted octanol–water partition coefficient (Wildman–Crippen LogP) is 1.74. The molecule has 0 bridgehead atoms. The third-order valence-electron chi connectivity index (χ3n) is 4.31. The Labute approximate surface area is 140 Å². The van der Waals surface area contributed by atoms with Crippen LogP contribution in [0.5, 0.6) is 0 Å². The summed E-state index contributed by atoms with van der Waals surface area (Å²) in [4.78, 5) is 25.9. The zero-order chi connectivity index (χ0) is 16.4. The van der Waals surface area contributed by atoms with Crippen LogP contribution in [0.3, 0.4) is 0 Å². The van der Waals surface area contributed by atoms with E-state index in [2.05, 4.69) is 22.9 Å². The van der Waals surface area contributed by atoms with Gasteiger partial charge < -0.3 is 16.0 Å². The lowest BCUT2D eigenvalue weighted by Gasteiger charge is -2.28. The normalized spacial score (nSPS) is 24.4. The van der Waals surface area contributed by atoms with E-state index in [1.165, 1.54) is 0 Å². The van der Waals surface area contributed by atoms with Crippen molar-refractivity contribution in [2.45, 2.75) is 31.8 Å². The van der Waals surface area contributed by atoms with Gasteiger partial charge in [-0.2, -0.15) is 0 Å². The fourth-order valence-electron chi connectivity index (χ4n) is 3.09. The van der Waals surface area contributed by atoms with Crippen molar-refractivity contribution in [3.8, 4) is 0 Å². The molecular formula is C16H21ClN4O2. The molecule has 2 fully saturated rings. The molecular weight excluding hydrogens is 316 g/mol. The van der Waals surface area contributed by atoms with E-state index in [0.29, 0.717) is 35.4 Å². The van der Waals surface area contributed by atoms with Crippen molar-refractivity contribution in [1.29, 1.82) is 0 Å². The number of halogens is 1. The molecule has 3 amide bonds. The Kier molecular flexibility index (Phi) is 4.73. The second-order valence-electron chi connectivity index (χ2n) is 6.10. The first-order chi connectivity index (χ1) is 11.0. The number of carbonyl (C=O) groups excluding carboxylic acids is 2. The average molecular weight is 337 g/mol. The second kappa shape index (κ2) is 6.76. The fraction of sp³-hybridized carbons (Fsp3) is 0.500. The SMILES string of the molecule is CC1CC(NC(=O)c2ccc(Cl)c(N3CCNC3=O)c2)CCN1. The van der Waals surface area contributed by atoms with E-state index in [-0.39, 0.29) is 18.0 Å². The van der Waals surface area contributed by atoms with E-state index in [1.54, 1.807) is 23.1 Å². The van der Waals surface area contributed by atoms with Gasteiger partial charge in [-0.1, -0.05) is 11.6 Å². The van der Waals surface area contributed by atoms with E-state index >= 15 is 0 Å². The Morgan fingerprint density at radius 3 is 2.91 bits per heavy atom. The Morgan fingerprint density at radius 2 is 2.22 bits per heavy atom. The minimum atomic E-state index is -0.184. The molecule has 23 heavy (non-hydrogen) atoms. The molecule has 3 N–H and O–H groups in total. The van der Waals surface area contributed by atoms with E-state index in [1.807, 2.05) is 0 Å². The van der Waals surface area contributed by atoms with Crippen LogP contribution in [0.2, 0.25) is 5.02 Å². The summed E-state index contributed by atoms with van der Waals surface area (Å²) in [6.45, 7) is 4.16. The van der Waals surface area contributed by atoms with Gasteiger partial charge in [0.1, 0.15) is 0 Å². The van der Waals surface area contributed by atoms with Gasteiger partial charge in [0.2, 0.25) is 0 Å². The topological polar surface area (TPSA) is 73.5 Å². The van der Waals surface area contributed by atoms with E-state index in [9.17, 15) is 9.59 Å². The summed E-state index contributed by atoms with van der Waals surface area (Å²) in [6, 6.07) is 5.45. The number of piperidine rings is 1. The summed E-state index contributed by atoms with van der Waals surface area (Å²) >= 11 is 6.20. The molecule has 0 spiro atoms. The van der Waals surface area contributed by atoms with Gasteiger partial charge in [-0.3, -0.25) is 9.69 Å². The predicted molar refractivity (Wildman–Crippen MR) is 90.1 cm³/mol. The molecule has 1 aromatic carbocycles. The van der Waals surface area contributed by atoms with Crippen LogP contribution in [0.15, 0.2) is 18.2 Å².